The minimum Gasteiger partial charge on any atom is -0.493 e. The van der Waals surface area contributed by atoms with E-state index in [0.29, 0.717) is 40.0 Å². The molecule has 0 aliphatic heterocycles. The summed E-state index contributed by atoms with van der Waals surface area (Å²) >= 11 is 0. The number of rotatable bonds is 8. The number of methoxy groups -OCH3 is 2. The van der Waals surface area contributed by atoms with E-state index in [4.69, 9.17) is 9.47 Å². The number of ether oxygens (including phenoxy) is 2. The third-order valence-electron chi connectivity index (χ3n) is 5.99. The monoisotopic (exact) mass is 494 g/mol. The minimum atomic E-state index is -0.311. The number of amides is 1. The second-order valence-corrected chi connectivity index (χ2v) is 8.33. The lowest BCUT2D eigenvalue weighted by molar-refractivity contribution is 0.102. The van der Waals surface area contributed by atoms with Gasteiger partial charge in [0.05, 0.1) is 36.9 Å². The van der Waals surface area contributed by atoms with Gasteiger partial charge in [-0.15, -0.1) is 0 Å². The second kappa shape index (κ2) is 10.4. The van der Waals surface area contributed by atoms with Crippen LogP contribution in [0, 0.1) is 0 Å². The van der Waals surface area contributed by atoms with E-state index in [0.717, 1.165) is 11.1 Å². The molecule has 0 aliphatic rings. The highest BCUT2D eigenvalue weighted by molar-refractivity contribution is 6.07. The van der Waals surface area contributed by atoms with Gasteiger partial charge in [0.2, 0.25) is 5.95 Å². The molecule has 2 N–H and O–H groups in total. The Morgan fingerprint density at radius 1 is 0.946 bits per heavy atom. The van der Waals surface area contributed by atoms with Crippen molar-refractivity contribution in [2.24, 2.45) is 0 Å². The molecule has 186 valence electrons. The maximum absolute atomic E-state index is 13.0. The molecule has 0 bridgehead atoms. The van der Waals surface area contributed by atoms with Crippen LogP contribution in [0.25, 0.3) is 16.9 Å². The molecule has 0 unspecified atom stereocenters. The van der Waals surface area contributed by atoms with Crippen molar-refractivity contribution in [2.75, 3.05) is 24.9 Å². The van der Waals surface area contributed by atoms with E-state index >= 15 is 0 Å². The molecule has 0 saturated carbocycles. The topological polar surface area (TPSA) is 103 Å². The van der Waals surface area contributed by atoms with Gasteiger partial charge in [0, 0.05) is 11.9 Å². The molecule has 1 atom stereocenters. The van der Waals surface area contributed by atoms with Gasteiger partial charge >= 0.3 is 0 Å². The average Bonchev–Trinajstić information content (AvgIpc) is 3.36. The van der Waals surface area contributed by atoms with E-state index in [2.05, 4.69) is 44.6 Å². The predicted octanol–water partition coefficient (Wildman–Crippen LogP) is 5.26. The van der Waals surface area contributed by atoms with Crippen molar-refractivity contribution in [2.45, 2.75) is 13.0 Å². The van der Waals surface area contributed by atoms with Crippen LogP contribution in [0.3, 0.4) is 0 Å². The van der Waals surface area contributed by atoms with E-state index < -0.39 is 0 Å². The van der Waals surface area contributed by atoms with E-state index in [9.17, 15) is 4.79 Å². The van der Waals surface area contributed by atoms with Crippen LogP contribution in [0.15, 0.2) is 85.3 Å². The van der Waals surface area contributed by atoms with Crippen molar-refractivity contribution in [3.63, 3.8) is 0 Å². The van der Waals surface area contributed by atoms with Crippen molar-refractivity contribution in [3.05, 3.63) is 96.4 Å². The van der Waals surface area contributed by atoms with Crippen LogP contribution < -0.4 is 20.1 Å². The Morgan fingerprint density at radius 3 is 2.57 bits per heavy atom. The summed E-state index contributed by atoms with van der Waals surface area (Å²) < 4.78 is 12.6. The van der Waals surface area contributed by atoms with Gasteiger partial charge in [0.15, 0.2) is 11.5 Å². The molecule has 0 radical (unpaired) electrons. The molecule has 5 aromatic rings. The normalized spacial score (nSPS) is 11.6. The zero-order chi connectivity index (χ0) is 25.8. The Labute approximate surface area is 214 Å². The number of carbonyl (C=O) groups is 1. The van der Waals surface area contributed by atoms with E-state index in [1.54, 1.807) is 30.7 Å². The largest absolute Gasteiger partial charge is 0.493 e. The van der Waals surface area contributed by atoms with Gasteiger partial charge in [-0.3, -0.25) is 9.36 Å². The third kappa shape index (κ3) is 4.92. The van der Waals surface area contributed by atoms with Crippen molar-refractivity contribution >= 4 is 28.6 Å². The van der Waals surface area contributed by atoms with Crippen LogP contribution in [0.1, 0.15) is 28.9 Å². The summed E-state index contributed by atoms with van der Waals surface area (Å²) in [4.78, 5) is 26.5. The highest BCUT2D eigenvalue weighted by Gasteiger charge is 2.17. The standard InChI is InChI=1S/C28H26N6O3/c1-18(19-8-5-4-6-9-19)31-28-29-15-14-25(33-28)34-17-30-22-16-20(12-13-23(22)34)32-27(35)21-10-7-11-24(36-2)26(21)37-3/h4-18H,1-3H3,(H,32,35)(H,29,31,33)/t18-/m0/s1. The fraction of sp³-hybridized carbons (Fsp3) is 0.143. The Kier molecular flexibility index (Phi) is 6.67. The van der Waals surface area contributed by atoms with E-state index in [1.165, 1.54) is 14.2 Å². The molecular weight excluding hydrogens is 468 g/mol. The maximum Gasteiger partial charge on any atom is 0.259 e. The summed E-state index contributed by atoms with van der Waals surface area (Å²) in [5, 5.41) is 6.26. The van der Waals surface area contributed by atoms with Gasteiger partial charge in [-0.1, -0.05) is 36.4 Å². The number of imidazole rings is 1. The van der Waals surface area contributed by atoms with E-state index in [1.807, 2.05) is 47.0 Å². The molecule has 9 nitrogen and oxygen atoms in total. The summed E-state index contributed by atoms with van der Waals surface area (Å²) in [6, 6.07) is 22.7. The van der Waals surface area contributed by atoms with Gasteiger partial charge < -0.3 is 20.1 Å². The maximum atomic E-state index is 13.0. The molecule has 5 rings (SSSR count). The van der Waals surface area contributed by atoms with Gasteiger partial charge in [-0.25, -0.2) is 9.97 Å². The summed E-state index contributed by atoms with van der Waals surface area (Å²) in [6.45, 7) is 2.06. The van der Waals surface area contributed by atoms with Gasteiger partial charge in [0.1, 0.15) is 12.1 Å². The molecule has 2 heterocycles. The number of anilines is 2. The number of fused-ring (bicyclic) bond motifs is 1. The smallest absolute Gasteiger partial charge is 0.259 e. The third-order valence-corrected chi connectivity index (χ3v) is 5.99. The first-order chi connectivity index (χ1) is 18.1. The molecule has 0 aliphatic carbocycles. The summed E-state index contributed by atoms with van der Waals surface area (Å²) in [7, 11) is 3.04. The van der Waals surface area contributed by atoms with Crippen LogP contribution in [0.5, 0.6) is 11.5 Å². The van der Waals surface area contributed by atoms with Gasteiger partial charge in [-0.05, 0) is 48.9 Å². The van der Waals surface area contributed by atoms with Crippen LogP contribution >= 0.6 is 0 Å². The molecule has 2 aromatic heterocycles. The molecule has 0 fully saturated rings. The number of para-hydroxylation sites is 1. The van der Waals surface area contributed by atoms with Crippen LogP contribution in [-0.2, 0) is 0 Å². The lowest BCUT2D eigenvalue weighted by Gasteiger charge is -2.14. The lowest BCUT2D eigenvalue weighted by atomic mass is 10.1. The van der Waals surface area contributed by atoms with Crippen molar-refractivity contribution in [1.82, 2.24) is 19.5 Å². The van der Waals surface area contributed by atoms with Gasteiger partial charge in [0.25, 0.3) is 5.91 Å². The molecular formula is C28H26N6O3. The molecule has 1 amide bonds. The summed E-state index contributed by atoms with van der Waals surface area (Å²) in [5.41, 5.74) is 3.68. The first kappa shape index (κ1) is 23.8. The number of benzene rings is 3. The molecule has 37 heavy (non-hydrogen) atoms. The van der Waals surface area contributed by atoms with Crippen molar-refractivity contribution < 1.29 is 14.3 Å². The quantitative estimate of drug-likeness (QED) is 0.303. The molecule has 9 heteroatoms. The fourth-order valence-electron chi connectivity index (χ4n) is 4.11. The zero-order valence-corrected chi connectivity index (χ0v) is 20.7. The SMILES string of the molecule is COc1cccc(C(=O)Nc2ccc3c(c2)ncn3-c2ccnc(N[C@@H](C)c3ccccc3)n2)c1OC. The van der Waals surface area contributed by atoms with Crippen LogP contribution in [0.2, 0.25) is 0 Å². The van der Waals surface area contributed by atoms with Crippen molar-refractivity contribution in [1.29, 1.82) is 0 Å². The van der Waals surface area contributed by atoms with Crippen LogP contribution in [0.4, 0.5) is 11.6 Å². The fourth-order valence-corrected chi connectivity index (χ4v) is 4.11. The average molecular weight is 495 g/mol. The number of nitrogens with zero attached hydrogens (tertiary/aromatic N) is 4. The molecule has 0 spiro atoms. The molecule has 0 saturated heterocycles. The minimum absolute atomic E-state index is 0.0466. The first-order valence-electron chi connectivity index (χ1n) is 11.7. The van der Waals surface area contributed by atoms with Crippen molar-refractivity contribution in [3.8, 4) is 17.3 Å². The number of aromatic nitrogens is 4. The van der Waals surface area contributed by atoms with Gasteiger partial charge in [-0.2, -0.15) is 4.98 Å². The first-order valence-corrected chi connectivity index (χ1v) is 11.7. The Morgan fingerprint density at radius 2 is 1.78 bits per heavy atom. The van der Waals surface area contributed by atoms with Crippen LogP contribution in [-0.4, -0.2) is 39.6 Å². The number of hydrogen-bond acceptors (Lipinski definition) is 7. The predicted molar refractivity (Wildman–Crippen MR) is 143 cm³/mol. The lowest BCUT2D eigenvalue weighted by Crippen LogP contribution is -2.13. The summed E-state index contributed by atoms with van der Waals surface area (Å²) in [6.07, 6.45) is 3.42. The number of carbonyl (C=O) groups excluding carboxylic acids is 1. The summed E-state index contributed by atoms with van der Waals surface area (Å²) in [5.74, 6) is 1.75. The second-order valence-electron chi connectivity index (χ2n) is 8.33. The highest BCUT2D eigenvalue weighted by atomic mass is 16.5. The highest BCUT2D eigenvalue weighted by Crippen LogP contribution is 2.31. The molecule has 3 aromatic carbocycles. The Bertz CT molecular complexity index is 1550. The number of hydrogen-bond donors (Lipinski definition) is 2. The van der Waals surface area contributed by atoms with E-state index in [-0.39, 0.29) is 11.9 Å². The number of nitrogens with one attached hydrogen (secondary N) is 2. The zero-order valence-electron chi connectivity index (χ0n) is 20.7. The Balaban J connectivity index is 1.37. The Hall–Kier alpha value is -4.92.